The molecule has 1 aromatic rings. The molecule has 0 aliphatic carbocycles. The Morgan fingerprint density at radius 1 is 1.25 bits per heavy atom. The van der Waals surface area contributed by atoms with Crippen LogP contribution in [-0.2, 0) is 5.41 Å². The quantitative estimate of drug-likeness (QED) is 0.743. The summed E-state index contributed by atoms with van der Waals surface area (Å²) in [6.45, 7) is 12.9. The van der Waals surface area contributed by atoms with Crippen LogP contribution in [0.5, 0.6) is 5.75 Å². The van der Waals surface area contributed by atoms with E-state index >= 15 is 0 Å². The van der Waals surface area contributed by atoms with Crippen molar-refractivity contribution in [1.82, 2.24) is 10.3 Å². The predicted molar refractivity (Wildman–Crippen MR) is 85.4 cm³/mol. The summed E-state index contributed by atoms with van der Waals surface area (Å²) in [5.74, 6) is 0.881. The van der Waals surface area contributed by atoms with Crippen LogP contribution < -0.4 is 10.1 Å². The minimum absolute atomic E-state index is 0.0960. The molecule has 0 aliphatic heterocycles. The van der Waals surface area contributed by atoms with Crippen LogP contribution >= 0.6 is 0 Å². The summed E-state index contributed by atoms with van der Waals surface area (Å²) in [4.78, 5) is 4.33. The molecule has 0 aliphatic rings. The zero-order chi connectivity index (χ0) is 15.0. The maximum absolute atomic E-state index is 5.68. The van der Waals surface area contributed by atoms with Gasteiger partial charge in [-0.3, -0.25) is 4.98 Å². The maximum Gasteiger partial charge on any atom is 0.137 e. The Morgan fingerprint density at radius 3 is 2.65 bits per heavy atom. The van der Waals surface area contributed by atoms with Crippen molar-refractivity contribution in [2.24, 2.45) is 0 Å². The molecule has 1 aromatic heterocycles. The van der Waals surface area contributed by atoms with Crippen LogP contribution in [-0.4, -0.2) is 24.2 Å². The van der Waals surface area contributed by atoms with Gasteiger partial charge in [0, 0.05) is 12.2 Å². The first-order chi connectivity index (χ1) is 9.49. The van der Waals surface area contributed by atoms with Crippen molar-refractivity contribution >= 4 is 0 Å². The van der Waals surface area contributed by atoms with Gasteiger partial charge in [0.1, 0.15) is 5.75 Å². The number of nitrogens with zero attached hydrogens (tertiary/aromatic N) is 1. The summed E-state index contributed by atoms with van der Waals surface area (Å²) in [5, 5.41) is 3.56. The summed E-state index contributed by atoms with van der Waals surface area (Å²) in [5.41, 5.74) is 1.34. The van der Waals surface area contributed by atoms with Crippen molar-refractivity contribution < 1.29 is 4.74 Å². The molecule has 0 spiro atoms. The van der Waals surface area contributed by atoms with Gasteiger partial charge in [0.2, 0.25) is 0 Å². The van der Waals surface area contributed by atoms with Crippen LogP contribution in [0.25, 0.3) is 0 Å². The van der Waals surface area contributed by atoms with E-state index < -0.39 is 0 Å². The van der Waals surface area contributed by atoms with Gasteiger partial charge in [-0.25, -0.2) is 0 Å². The number of nitrogens with one attached hydrogen (secondary N) is 1. The summed E-state index contributed by atoms with van der Waals surface area (Å²) in [7, 11) is 0. The van der Waals surface area contributed by atoms with Crippen molar-refractivity contribution in [2.45, 2.75) is 65.3 Å². The lowest BCUT2D eigenvalue weighted by Crippen LogP contribution is -2.33. The molecular weight excluding hydrogens is 248 g/mol. The van der Waals surface area contributed by atoms with Crippen molar-refractivity contribution in [3.63, 3.8) is 0 Å². The van der Waals surface area contributed by atoms with Gasteiger partial charge in [0.25, 0.3) is 0 Å². The van der Waals surface area contributed by atoms with Gasteiger partial charge < -0.3 is 10.1 Å². The van der Waals surface area contributed by atoms with Crippen LogP contribution in [0.2, 0.25) is 0 Å². The van der Waals surface area contributed by atoms with Crippen molar-refractivity contribution in [1.29, 1.82) is 0 Å². The molecule has 0 fully saturated rings. The molecule has 1 rings (SSSR count). The van der Waals surface area contributed by atoms with E-state index in [1.54, 1.807) is 6.20 Å². The highest BCUT2D eigenvalue weighted by Crippen LogP contribution is 2.30. The molecular formula is C17H30N2O. The molecule has 0 aromatic carbocycles. The number of hydrogen-bond acceptors (Lipinski definition) is 3. The van der Waals surface area contributed by atoms with Gasteiger partial charge in [0.15, 0.2) is 0 Å². The fourth-order valence-electron chi connectivity index (χ4n) is 2.43. The Morgan fingerprint density at radius 2 is 2.00 bits per heavy atom. The topological polar surface area (TPSA) is 34.2 Å². The molecule has 1 unspecified atom stereocenters. The van der Waals surface area contributed by atoms with E-state index in [4.69, 9.17) is 4.74 Å². The molecule has 1 heterocycles. The first-order valence-corrected chi connectivity index (χ1v) is 7.81. The lowest BCUT2D eigenvalue weighted by atomic mass is 9.80. The van der Waals surface area contributed by atoms with Crippen LogP contribution in [0, 0.1) is 0 Å². The van der Waals surface area contributed by atoms with E-state index in [2.05, 4.69) is 51.0 Å². The third-order valence-electron chi connectivity index (χ3n) is 3.53. The lowest BCUT2D eigenvalue weighted by molar-refractivity contribution is 0.314. The average Bonchev–Trinajstić information content (AvgIpc) is 2.42. The number of ether oxygens (including phenoxy) is 1. The second kappa shape index (κ2) is 8.25. The molecule has 114 valence electrons. The van der Waals surface area contributed by atoms with Crippen LogP contribution in [0.3, 0.4) is 0 Å². The third-order valence-corrected chi connectivity index (χ3v) is 3.53. The summed E-state index contributed by atoms with van der Waals surface area (Å²) in [6, 6.07) is 2.64. The van der Waals surface area contributed by atoms with E-state index in [1.807, 2.05) is 6.20 Å². The smallest absolute Gasteiger partial charge is 0.137 e. The molecule has 0 saturated heterocycles. The first-order valence-electron chi connectivity index (χ1n) is 7.81. The van der Waals surface area contributed by atoms with Crippen LogP contribution in [0.1, 0.15) is 59.4 Å². The molecule has 0 saturated carbocycles. The molecule has 1 atom stereocenters. The molecule has 1 N–H and O–H groups in total. The largest absolute Gasteiger partial charge is 0.492 e. The zero-order valence-electron chi connectivity index (χ0n) is 13.7. The Balaban J connectivity index is 2.70. The Hall–Kier alpha value is -1.09. The third kappa shape index (κ3) is 5.49. The second-order valence-electron chi connectivity index (χ2n) is 6.20. The summed E-state index contributed by atoms with van der Waals surface area (Å²) < 4.78 is 5.68. The van der Waals surface area contributed by atoms with E-state index in [9.17, 15) is 0 Å². The van der Waals surface area contributed by atoms with Gasteiger partial charge in [-0.05, 0) is 49.8 Å². The van der Waals surface area contributed by atoms with Gasteiger partial charge in [-0.15, -0.1) is 0 Å². The van der Waals surface area contributed by atoms with E-state index in [0.717, 1.165) is 31.7 Å². The first kappa shape index (κ1) is 17.0. The van der Waals surface area contributed by atoms with Gasteiger partial charge in [-0.1, -0.05) is 27.7 Å². The number of rotatable bonds is 9. The molecule has 3 heteroatoms. The Kier molecular flexibility index (Phi) is 7.00. The fourth-order valence-corrected chi connectivity index (χ4v) is 2.43. The standard InChI is InChI=1S/C17H30N2O/c1-6-8-19-14(3)11-17(4,5)15-10-16(13-18-12-15)20-9-7-2/h10,12-14,19H,6-9,11H2,1-5H3. The van der Waals surface area contributed by atoms with E-state index in [0.29, 0.717) is 6.04 Å². The highest BCUT2D eigenvalue weighted by Gasteiger charge is 2.24. The number of hydrogen-bond donors (Lipinski definition) is 1. The predicted octanol–water partition coefficient (Wildman–Crippen LogP) is 3.93. The molecule has 0 amide bonds. The van der Waals surface area contributed by atoms with E-state index in [1.165, 1.54) is 12.0 Å². The monoisotopic (exact) mass is 278 g/mol. The van der Waals surface area contributed by atoms with E-state index in [-0.39, 0.29) is 5.41 Å². The van der Waals surface area contributed by atoms with Gasteiger partial charge >= 0.3 is 0 Å². The lowest BCUT2D eigenvalue weighted by Gasteiger charge is -2.29. The highest BCUT2D eigenvalue weighted by molar-refractivity contribution is 5.29. The number of pyridine rings is 1. The molecule has 3 nitrogen and oxygen atoms in total. The van der Waals surface area contributed by atoms with Crippen molar-refractivity contribution in [3.8, 4) is 5.75 Å². The molecule has 0 radical (unpaired) electrons. The molecule has 20 heavy (non-hydrogen) atoms. The van der Waals surface area contributed by atoms with Crippen molar-refractivity contribution in [2.75, 3.05) is 13.2 Å². The average molecular weight is 278 g/mol. The second-order valence-corrected chi connectivity index (χ2v) is 6.20. The number of aromatic nitrogens is 1. The zero-order valence-corrected chi connectivity index (χ0v) is 13.7. The van der Waals surface area contributed by atoms with Crippen LogP contribution in [0.4, 0.5) is 0 Å². The minimum Gasteiger partial charge on any atom is -0.492 e. The summed E-state index contributed by atoms with van der Waals surface area (Å²) in [6.07, 6.45) is 7.05. The minimum atomic E-state index is 0.0960. The summed E-state index contributed by atoms with van der Waals surface area (Å²) >= 11 is 0. The van der Waals surface area contributed by atoms with Crippen molar-refractivity contribution in [3.05, 3.63) is 24.0 Å². The Bertz CT molecular complexity index is 390. The highest BCUT2D eigenvalue weighted by atomic mass is 16.5. The SMILES string of the molecule is CCCNC(C)CC(C)(C)c1cncc(OCCC)c1. The normalized spacial score (nSPS) is 13.2. The fraction of sp³-hybridized carbons (Fsp3) is 0.706. The Labute approximate surface area is 124 Å². The van der Waals surface area contributed by atoms with Gasteiger partial charge in [0.05, 0.1) is 12.8 Å². The maximum atomic E-state index is 5.68. The van der Waals surface area contributed by atoms with Gasteiger partial charge in [-0.2, -0.15) is 0 Å². The van der Waals surface area contributed by atoms with Crippen LogP contribution in [0.15, 0.2) is 18.5 Å². The molecule has 0 bridgehead atoms.